The summed E-state index contributed by atoms with van der Waals surface area (Å²) in [6.07, 6.45) is 2.52. The molecule has 1 fully saturated rings. The summed E-state index contributed by atoms with van der Waals surface area (Å²) in [5.74, 6) is 0.417. The molecule has 0 spiro atoms. The highest BCUT2D eigenvalue weighted by molar-refractivity contribution is 4.78. The van der Waals surface area contributed by atoms with E-state index in [2.05, 4.69) is 6.92 Å². The van der Waals surface area contributed by atoms with Gasteiger partial charge in [-0.05, 0) is 18.8 Å². The molecule has 0 aromatic carbocycles. The molecule has 1 aliphatic rings. The van der Waals surface area contributed by atoms with E-state index in [4.69, 9.17) is 0 Å². The summed E-state index contributed by atoms with van der Waals surface area (Å²) in [7, 11) is 0. The fraction of sp³-hybridized carbons (Fsp3) is 1.00. The zero-order chi connectivity index (χ0) is 5.28. The van der Waals surface area contributed by atoms with Gasteiger partial charge < -0.3 is 0 Å². The van der Waals surface area contributed by atoms with E-state index in [0.717, 1.165) is 19.3 Å². The van der Waals surface area contributed by atoms with E-state index in [0.29, 0.717) is 5.92 Å². The van der Waals surface area contributed by atoms with Gasteiger partial charge in [0.25, 0.3) is 0 Å². The van der Waals surface area contributed by atoms with Crippen molar-refractivity contribution in [2.24, 2.45) is 5.92 Å². The van der Waals surface area contributed by atoms with Gasteiger partial charge in [-0.1, -0.05) is 13.3 Å². The van der Waals surface area contributed by atoms with Crippen LogP contribution in [0, 0.1) is 5.92 Å². The number of hydrogen-bond acceptors (Lipinski definition) is 0. The normalized spacial score (nSPS) is 40.3. The Bertz CT molecular complexity index is 59.2. The van der Waals surface area contributed by atoms with Crippen molar-refractivity contribution in [1.29, 1.82) is 0 Å². The molecular formula is C6H11F. The van der Waals surface area contributed by atoms with Crippen molar-refractivity contribution >= 4 is 0 Å². The molecule has 0 N–H and O–H groups in total. The highest BCUT2D eigenvalue weighted by Gasteiger charge is 2.28. The largest absolute Gasteiger partial charge is 0.247 e. The summed E-state index contributed by atoms with van der Waals surface area (Å²) in [6.45, 7) is 2.05. The number of alkyl halides is 1. The van der Waals surface area contributed by atoms with Crippen LogP contribution < -0.4 is 0 Å². The second-order valence-corrected chi connectivity index (χ2v) is 2.26. The Morgan fingerprint density at radius 3 is 2.29 bits per heavy atom. The predicted octanol–water partition coefficient (Wildman–Crippen LogP) is 2.14. The first kappa shape index (κ1) is 5.07. The lowest BCUT2D eigenvalue weighted by molar-refractivity contribution is 0.109. The maximum Gasteiger partial charge on any atom is 0.103 e. The minimum atomic E-state index is -0.454. The van der Waals surface area contributed by atoms with Gasteiger partial charge in [-0.15, -0.1) is 0 Å². The van der Waals surface area contributed by atoms with Crippen LogP contribution in [0.1, 0.15) is 26.2 Å². The summed E-state index contributed by atoms with van der Waals surface area (Å²) in [5, 5.41) is 0. The lowest BCUT2D eigenvalue weighted by Crippen LogP contribution is -2.25. The molecule has 0 bridgehead atoms. The van der Waals surface area contributed by atoms with Gasteiger partial charge in [-0.2, -0.15) is 0 Å². The molecule has 0 aromatic rings. The predicted molar refractivity (Wildman–Crippen MR) is 27.9 cm³/mol. The molecular weight excluding hydrogens is 91.1 g/mol. The molecule has 0 aromatic heterocycles. The van der Waals surface area contributed by atoms with E-state index in [1.165, 1.54) is 0 Å². The monoisotopic (exact) mass is 102 g/mol. The molecule has 0 heterocycles. The van der Waals surface area contributed by atoms with Crippen LogP contribution in [0.3, 0.4) is 0 Å². The standard InChI is InChI=1S/C6H11F/c1-2-5-3-4-6(5)7/h5-6H,2-4H2,1H3/t5-,6-/m1/s1. The molecule has 0 nitrogen and oxygen atoms in total. The SMILES string of the molecule is CC[C@@H]1CC[C@H]1F. The van der Waals surface area contributed by atoms with Crippen molar-refractivity contribution in [2.45, 2.75) is 32.4 Å². The summed E-state index contributed by atoms with van der Waals surface area (Å²) in [4.78, 5) is 0. The molecule has 0 unspecified atom stereocenters. The first-order valence-electron chi connectivity index (χ1n) is 2.98. The third-order valence-corrected chi connectivity index (χ3v) is 1.85. The maximum absolute atomic E-state index is 12.2. The molecule has 0 amide bonds. The number of hydrogen-bond donors (Lipinski definition) is 0. The first-order valence-corrected chi connectivity index (χ1v) is 2.98. The van der Waals surface area contributed by atoms with Crippen LogP contribution in [0.4, 0.5) is 4.39 Å². The Morgan fingerprint density at radius 1 is 1.57 bits per heavy atom. The molecule has 0 radical (unpaired) electrons. The molecule has 0 saturated heterocycles. The van der Waals surface area contributed by atoms with Crippen molar-refractivity contribution in [3.05, 3.63) is 0 Å². The average Bonchev–Trinajstić information content (AvgIpc) is 1.65. The van der Waals surface area contributed by atoms with Crippen molar-refractivity contribution in [1.82, 2.24) is 0 Å². The Kier molecular flexibility index (Phi) is 1.31. The fourth-order valence-corrected chi connectivity index (χ4v) is 0.988. The van der Waals surface area contributed by atoms with Crippen molar-refractivity contribution in [3.8, 4) is 0 Å². The fourth-order valence-electron chi connectivity index (χ4n) is 0.988. The zero-order valence-electron chi connectivity index (χ0n) is 4.65. The van der Waals surface area contributed by atoms with Crippen LogP contribution in [0.2, 0.25) is 0 Å². The van der Waals surface area contributed by atoms with Gasteiger partial charge in [-0.3, -0.25) is 0 Å². The smallest absolute Gasteiger partial charge is 0.103 e. The summed E-state index contributed by atoms with van der Waals surface area (Å²) < 4.78 is 12.2. The summed E-state index contributed by atoms with van der Waals surface area (Å²) in [6, 6.07) is 0. The molecule has 1 rings (SSSR count). The van der Waals surface area contributed by atoms with Crippen LogP contribution >= 0.6 is 0 Å². The van der Waals surface area contributed by atoms with Crippen LogP contribution in [0.15, 0.2) is 0 Å². The zero-order valence-corrected chi connectivity index (χ0v) is 4.65. The van der Waals surface area contributed by atoms with E-state index in [1.54, 1.807) is 0 Å². The van der Waals surface area contributed by atoms with Gasteiger partial charge in [0.2, 0.25) is 0 Å². The van der Waals surface area contributed by atoms with Crippen molar-refractivity contribution < 1.29 is 4.39 Å². The van der Waals surface area contributed by atoms with Crippen LogP contribution in [-0.2, 0) is 0 Å². The van der Waals surface area contributed by atoms with Gasteiger partial charge in [0.1, 0.15) is 6.17 Å². The quantitative estimate of drug-likeness (QED) is 0.476. The molecule has 2 atom stereocenters. The molecule has 1 saturated carbocycles. The highest BCUT2D eigenvalue weighted by Crippen LogP contribution is 2.32. The first-order chi connectivity index (χ1) is 3.34. The highest BCUT2D eigenvalue weighted by atomic mass is 19.1. The third-order valence-electron chi connectivity index (χ3n) is 1.85. The van der Waals surface area contributed by atoms with E-state index >= 15 is 0 Å². The van der Waals surface area contributed by atoms with E-state index in [9.17, 15) is 4.39 Å². The molecule has 0 aliphatic heterocycles. The Hall–Kier alpha value is -0.0700. The Morgan fingerprint density at radius 2 is 2.29 bits per heavy atom. The maximum atomic E-state index is 12.2. The van der Waals surface area contributed by atoms with E-state index in [-0.39, 0.29) is 0 Å². The van der Waals surface area contributed by atoms with Crippen LogP contribution in [0.25, 0.3) is 0 Å². The summed E-state index contributed by atoms with van der Waals surface area (Å²) >= 11 is 0. The average molecular weight is 102 g/mol. The lowest BCUT2D eigenvalue weighted by Gasteiger charge is -2.28. The minimum absolute atomic E-state index is 0.417. The van der Waals surface area contributed by atoms with Crippen molar-refractivity contribution in [2.75, 3.05) is 0 Å². The van der Waals surface area contributed by atoms with Crippen molar-refractivity contribution in [3.63, 3.8) is 0 Å². The molecule has 42 valence electrons. The molecule has 1 heteroatoms. The minimum Gasteiger partial charge on any atom is -0.247 e. The van der Waals surface area contributed by atoms with E-state index < -0.39 is 6.17 Å². The van der Waals surface area contributed by atoms with Gasteiger partial charge >= 0.3 is 0 Å². The van der Waals surface area contributed by atoms with Crippen LogP contribution in [-0.4, -0.2) is 6.17 Å². The lowest BCUT2D eigenvalue weighted by atomic mass is 9.81. The summed E-state index contributed by atoms with van der Waals surface area (Å²) in [5.41, 5.74) is 0. The van der Waals surface area contributed by atoms with Crippen LogP contribution in [0.5, 0.6) is 0 Å². The second-order valence-electron chi connectivity index (χ2n) is 2.26. The van der Waals surface area contributed by atoms with E-state index in [1.807, 2.05) is 0 Å². The van der Waals surface area contributed by atoms with Gasteiger partial charge in [-0.25, -0.2) is 4.39 Å². The molecule has 7 heavy (non-hydrogen) atoms. The molecule has 1 aliphatic carbocycles. The van der Waals surface area contributed by atoms with Gasteiger partial charge in [0, 0.05) is 0 Å². The number of rotatable bonds is 1. The second kappa shape index (κ2) is 1.81. The topological polar surface area (TPSA) is 0 Å². The third kappa shape index (κ3) is 0.767. The Balaban J connectivity index is 2.16. The van der Waals surface area contributed by atoms with Gasteiger partial charge in [0.05, 0.1) is 0 Å². The Labute approximate surface area is 43.7 Å². The number of halogens is 1. The van der Waals surface area contributed by atoms with Gasteiger partial charge in [0.15, 0.2) is 0 Å².